The lowest BCUT2D eigenvalue weighted by Crippen LogP contribution is -2.30. The number of methoxy groups -OCH3 is 5. The summed E-state index contributed by atoms with van der Waals surface area (Å²) in [6, 6.07) is 33.5. The van der Waals surface area contributed by atoms with Gasteiger partial charge < -0.3 is 39.6 Å². The molecule has 0 aliphatic carbocycles. The Hall–Kier alpha value is -6.40. The lowest BCUT2D eigenvalue weighted by Gasteiger charge is -2.19. The average molecular weight is 734 g/mol. The van der Waals surface area contributed by atoms with Crippen molar-refractivity contribution in [3.63, 3.8) is 0 Å². The third-order valence-corrected chi connectivity index (χ3v) is 9.20. The normalized spacial score (nSPS) is 11.5. The van der Waals surface area contributed by atoms with Gasteiger partial charge in [0.1, 0.15) is 28.2 Å². The molecule has 0 saturated heterocycles. The predicted molar refractivity (Wildman–Crippen MR) is 206 cm³/mol. The van der Waals surface area contributed by atoms with Crippen molar-refractivity contribution in [1.29, 1.82) is 0 Å². The van der Waals surface area contributed by atoms with Gasteiger partial charge in [0.15, 0.2) is 11.5 Å². The van der Waals surface area contributed by atoms with E-state index in [2.05, 4.69) is 16.0 Å². The maximum absolute atomic E-state index is 13.8. The molecule has 0 fully saturated rings. The van der Waals surface area contributed by atoms with E-state index in [4.69, 9.17) is 23.7 Å². The van der Waals surface area contributed by atoms with E-state index in [9.17, 15) is 14.4 Å². The van der Waals surface area contributed by atoms with Crippen LogP contribution in [0.3, 0.4) is 0 Å². The Morgan fingerprint density at radius 3 is 1.87 bits per heavy atom. The number of hydrogen-bond donors (Lipinski definition) is 3. The van der Waals surface area contributed by atoms with Crippen LogP contribution >= 0.6 is 11.8 Å². The monoisotopic (exact) mass is 733 g/mol. The van der Waals surface area contributed by atoms with Gasteiger partial charge in [0.25, 0.3) is 11.8 Å². The molecule has 272 valence electrons. The maximum Gasteiger partial charge on any atom is 0.272 e. The summed E-state index contributed by atoms with van der Waals surface area (Å²) in [6.07, 6.45) is 1.50. The summed E-state index contributed by atoms with van der Waals surface area (Å²) < 4.78 is 27.2. The highest BCUT2D eigenvalue weighted by molar-refractivity contribution is 8.00. The minimum atomic E-state index is -0.633. The van der Waals surface area contributed by atoms with Gasteiger partial charge in [-0.05, 0) is 66.2 Å². The van der Waals surface area contributed by atoms with E-state index in [1.165, 1.54) is 46.3 Å². The lowest BCUT2D eigenvalue weighted by atomic mass is 10.1. The van der Waals surface area contributed by atoms with Crippen molar-refractivity contribution in [1.82, 2.24) is 5.32 Å². The highest BCUT2D eigenvalue weighted by Gasteiger charge is 2.24. The molecule has 1 unspecified atom stereocenters. The summed E-state index contributed by atoms with van der Waals surface area (Å²) >= 11 is 1.34. The molecule has 0 heterocycles. The van der Waals surface area contributed by atoms with Crippen LogP contribution in [-0.4, -0.2) is 53.3 Å². The fourth-order valence-electron chi connectivity index (χ4n) is 5.23. The van der Waals surface area contributed by atoms with E-state index in [1.807, 2.05) is 30.3 Å². The Kier molecular flexibility index (Phi) is 13.0. The van der Waals surface area contributed by atoms with Gasteiger partial charge in [-0.15, -0.1) is 11.8 Å². The Morgan fingerprint density at radius 1 is 0.623 bits per heavy atom. The zero-order valence-corrected chi connectivity index (χ0v) is 30.6. The van der Waals surface area contributed by atoms with Crippen LogP contribution in [0, 0.1) is 0 Å². The third-order valence-electron chi connectivity index (χ3n) is 7.94. The molecule has 12 heteroatoms. The maximum atomic E-state index is 13.8. The number of amides is 3. The predicted octanol–water partition coefficient (Wildman–Crippen LogP) is 7.61. The Labute approximate surface area is 312 Å². The second-order valence-corrected chi connectivity index (χ2v) is 12.4. The molecular formula is C41H39N3O8S. The van der Waals surface area contributed by atoms with Crippen molar-refractivity contribution in [2.75, 3.05) is 46.2 Å². The summed E-state index contributed by atoms with van der Waals surface area (Å²) in [5, 5.41) is 7.96. The van der Waals surface area contributed by atoms with Gasteiger partial charge in [0.05, 0.1) is 41.2 Å². The van der Waals surface area contributed by atoms with Crippen molar-refractivity contribution < 1.29 is 38.1 Å². The summed E-state index contributed by atoms with van der Waals surface area (Å²) in [4.78, 5) is 41.6. The Morgan fingerprint density at radius 2 is 1.25 bits per heavy atom. The fourth-order valence-corrected chi connectivity index (χ4v) is 6.25. The zero-order valence-electron chi connectivity index (χ0n) is 29.8. The molecule has 1 atom stereocenters. The van der Waals surface area contributed by atoms with E-state index < -0.39 is 17.1 Å². The molecule has 3 amide bonds. The Bertz CT molecular complexity index is 2070. The standard InChI is InChI=1S/C41H39N3O8S/c1-48-30-18-21-34(49-2)32(24-30)43-41(47)38(26-12-8-6-9-13-26)53-31-19-16-29(17-20-31)42-40(46)33(44-39(45)27-14-10-7-11-15-27)22-28-23-36(51-4)37(52-5)25-35(28)50-3/h6-25,38H,1-5H3,(H,42,46)(H,43,47)(H,44,45)/b33-22-. The van der Waals surface area contributed by atoms with Gasteiger partial charge >= 0.3 is 0 Å². The summed E-state index contributed by atoms with van der Waals surface area (Å²) in [5.74, 6) is 0.981. The number of nitrogens with one attached hydrogen (secondary N) is 3. The molecule has 11 nitrogen and oxygen atoms in total. The smallest absolute Gasteiger partial charge is 0.272 e. The van der Waals surface area contributed by atoms with Gasteiger partial charge in [-0.1, -0.05) is 48.5 Å². The minimum absolute atomic E-state index is 0.0448. The topological polar surface area (TPSA) is 133 Å². The van der Waals surface area contributed by atoms with Crippen LogP contribution < -0.4 is 39.6 Å². The zero-order chi connectivity index (χ0) is 37.7. The van der Waals surface area contributed by atoms with E-state index in [0.29, 0.717) is 51.2 Å². The average Bonchev–Trinajstić information content (AvgIpc) is 3.20. The number of carbonyl (C=O) groups excluding carboxylic acids is 3. The first-order valence-electron chi connectivity index (χ1n) is 16.3. The number of ether oxygens (including phenoxy) is 5. The van der Waals surface area contributed by atoms with E-state index in [-0.39, 0.29) is 11.6 Å². The second-order valence-electron chi connectivity index (χ2n) is 11.3. The van der Waals surface area contributed by atoms with Crippen molar-refractivity contribution >= 4 is 46.9 Å². The summed E-state index contributed by atoms with van der Waals surface area (Å²) in [5.41, 5.74) is 2.52. The quantitative estimate of drug-likeness (QED) is 0.0735. The van der Waals surface area contributed by atoms with E-state index in [0.717, 1.165) is 10.5 Å². The summed E-state index contributed by atoms with van der Waals surface area (Å²) in [6.45, 7) is 0. The first-order chi connectivity index (χ1) is 25.8. The minimum Gasteiger partial charge on any atom is -0.497 e. The molecule has 5 aromatic carbocycles. The molecule has 3 N–H and O–H groups in total. The number of anilines is 2. The number of hydrogen-bond acceptors (Lipinski definition) is 9. The Balaban J connectivity index is 1.39. The van der Waals surface area contributed by atoms with Crippen molar-refractivity contribution in [3.05, 3.63) is 138 Å². The van der Waals surface area contributed by atoms with E-state index >= 15 is 0 Å². The van der Waals surface area contributed by atoms with Gasteiger partial charge in [-0.25, -0.2) is 0 Å². The van der Waals surface area contributed by atoms with E-state index in [1.54, 1.807) is 92.0 Å². The van der Waals surface area contributed by atoms with Gasteiger partial charge in [-0.3, -0.25) is 14.4 Å². The van der Waals surface area contributed by atoms with Crippen LogP contribution in [0.15, 0.2) is 126 Å². The molecule has 0 aliphatic rings. The highest BCUT2D eigenvalue weighted by Crippen LogP contribution is 2.39. The van der Waals surface area contributed by atoms with Gasteiger partial charge in [-0.2, -0.15) is 0 Å². The lowest BCUT2D eigenvalue weighted by molar-refractivity contribution is -0.116. The van der Waals surface area contributed by atoms with Crippen molar-refractivity contribution in [2.45, 2.75) is 10.1 Å². The van der Waals surface area contributed by atoms with Crippen LogP contribution in [-0.2, 0) is 9.59 Å². The van der Waals surface area contributed by atoms with Crippen molar-refractivity contribution in [2.24, 2.45) is 0 Å². The van der Waals surface area contributed by atoms with Crippen LogP contribution in [0.25, 0.3) is 6.08 Å². The second kappa shape index (κ2) is 18.2. The largest absolute Gasteiger partial charge is 0.497 e. The van der Waals surface area contributed by atoms with Crippen LogP contribution in [0.2, 0.25) is 0 Å². The van der Waals surface area contributed by atoms with Crippen LogP contribution in [0.4, 0.5) is 11.4 Å². The molecule has 53 heavy (non-hydrogen) atoms. The first-order valence-corrected chi connectivity index (χ1v) is 17.2. The molecule has 0 spiro atoms. The van der Waals surface area contributed by atoms with Gasteiger partial charge in [0, 0.05) is 33.8 Å². The molecule has 5 aromatic rings. The number of thioether (sulfide) groups is 1. The fraction of sp³-hybridized carbons (Fsp3) is 0.146. The number of rotatable bonds is 15. The molecular weight excluding hydrogens is 695 g/mol. The molecule has 0 aromatic heterocycles. The molecule has 0 radical (unpaired) electrons. The SMILES string of the molecule is COc1ccc(OC)c(NC(=O)C(Sc2ccc(NC(=O)/C(=C/c3cc(OC)c(OC)cc3OC)NC(=O)c3ccccc3)cc2)c2ccccc2)c1. The molecule has 5 rings (SSSR count). The molecule has 0 saturated carbocycles. The van der Waals surface area contributed by atoms with Crippen LogP contribution in [0.1, 0.15) is 26.7 Å². The molecule has 0 bridgehead atoms. The number of benzene rings is 5. The third kappa shape index (κ3) is 9.69. The molecule has 0 aliphatic heterocycles. The highest BCUT2D eigenvalue weighted by atomic mass is 32.2. The van der Waals surface area contributed by atoms with Crippen molar-refractivity contribution in [3.8, 4) is 28.7 Å². The van der Waals surface area contributed by atoms with Crippen LogP contribution in [0.5, 0.6) is 28.7 Å². The van der Waals surface area contributed by atoms with Gasteiger partial charge in [0.2, 0.25) is 5.91 Å². The number of carbonyl (C=O) groups is 3. The first kappa shape index (κ1) is 37.8. The summed E-state index contributed by atoms with van der Waals surface area (Å²) in [7, 11) is 7.57.